The fourth-order valence-corrected chi connectivity index (χ4v) is 2.87. The Balaban J connectivity index is 0.00000625. The number of hydrogen-bond donors (Lipinski definition) is 2. The summed E-state index contributed by atoms with van der Waals surface area (Å²) in [6.45, 7) is 1.89. The van der Waals surface area contributed by atoms with Crippen molar-refractivity contribution < 1.29 is 22.7 Å². The molecule has 0 radical (unpaired) electrons. The lowest BCUT2D eigenvalue weighted by Crippen LogP contribution is -2.47. The average Bonchev–Trinajstić information content (AvgIpc) is 2.53. The zero-order valence-corrected chi connectivity index (χ0v) is 17.9. The number of rotatable bonds is 7. The molecule has 1 rings (SSSR count). The first kappa shape index (κ1) is 25.2. The van der Waals surface area contributed by atoms with E-state index in [1.54, 1.807) is 14.0 Å². The molecule has 0 unspecified atom stereocenters. The molecule has 0 heterocycles. The molecule has 1 aliphatic carbocycles. The maximum Gasteiger partial charge on any atom is 0.401 e. The molecule has 26 heavy (non-hydrogen) atoms. The van der Waals surface area contributed by atoms with Crippen molar-refractivity contribution in [2.75, 3.05) is 40.3 Å². The molecular formula is C16H30F3IN4O2. The highest BCUT2D eigenvalue weighted by Crippen LogP contribution is 2.25. The van der Waals surface area contributed by atoms with Crippen LogP contribution in [-0.4, -0.2) is 69.4 Å². The molecule has 0 saturated heterocycles. The van der Waals surface area contributed by atoms with Gasteiger partial charge < -0.3 is 15.4 Å². The van der Waals surface area contributed by atoms with Crippen molar-refractivity contribution in [3.63, 3.8) is 0 Å². The van der Waals surface area contributed by atoms with E-state index < -0.39 is 12.7 Å². The van der Waals surface area contributed by atoms with Crippen molar-refractivity contribution in [1.29, 1.82) is 0 Å². The van der Waals surface area contributed by atoms with Crippen LogP contribution in [0.2, 0.25) is 0 Å². The summed E-state index contributed by atoms with van der Waals surface area (Å²) >= 11 is 0. The van der Waals surface area contributed by atoms with E-state index in [1.165, 1.54) is 11.9 Å². The van der Waals surface area contributed by atoms with Gasteiger partial charge in [-0.3, -0.25) is 14.7 Å². The maximum absolute atomic E-state index is 12.3. The number of halogens is 4. The largest absolute Gasteiger partial charge is 0.466 e. The molecule has 6 nitrogen and oxygen atoms in total. The lowest BCUT2D eigenvalue weighted by molar-refractivity contribution is -0.149. The van der Waals surface area contributed by atoms with E-state index in [2.05, 4.69) is 15.6 Å². The number of nitrogens with zero attached hydrogens (tertiary/aromatic N) is 2. The molecule has 0 aromatic carbocycles. The van der Waals surface area contributed by atoms with Crippen LogP contribution in [0.4, 0.5) is 13.2 Å². The van der Waals surface area contributed by atoms with Crippen molar-refractivity contribution in [3.05, 3.63) is 0 Å². The smallest absolute Gasteiger partial charge is 0.401 e. The number of alkyl halides is 3. The molecule has 0 aromatic rings. The fourth-order valence-electron chi connectivity index (χ4n) is 2.87. The number of esters is 1. The summed E-state index contributed by atoms with van der Waals surface area (Å²) in [7, 11) is 3.06. The average molecular weight is 494 g/mol. The van der Waals surface area contributed by atoms with Gasteiger partial charge in [-0.1, -0.05) is 0 Å². The van der Waals surface area contributed by atoms with E-state index in [9.17, 15) is 18.0 Å². The quantitative estimate of drug-likeness (QED) is 0.246. The predicted octanol–water partition coefficient (Wildman–Crippen LogP) is 2.39. The van der Waals surface area contributed by atoms with Crippen LogP contribution in [-0.2, 0) is 9.53 Å². The lowest BCUT2D eigenvalue weighted by atomic mass is 9.86. The molecule has 154 valence electrons. The summed E-state index contributed by atoms with van der Waals surface area (Å²) in [6, 6.07) is 0.199. The van der Waals surface area contributed by atoms with Gasteiger partial charge in [0.2, 0.25) is 0 Å². The monoisotopic (exact) mass is 494 g/mol. The SMILES string of the molecule is CCOC(=O)C1CCC(NC(=NC)NCCN(C)CC(F)(F)F)CC1.I. The number of carbonyl (C=O) groups excluding carboxylic acids is 1. The molecule has 0 aliphatic heterocycles. The molecule has 0 aromatic heterocycles. The van der Waals surface area contributed by atoms with Gasteiger partial charge >= 0.3 is 12.1 Å². The number of carbonyl (C=O) groups is 1. The van der Waals surface area contributed by atoms with Crippen LogP contribution in [0, 0.1) is 5.92 Å². The van der Waals surface area contributed by atoms with Gasteiger partial charge in [0, 0.05) is 26.2 Å². The molecule has 1 saturated carbocycles. The minimum Gasteiger partial charge on any atom is -0.466 e. The van der Waals surface area contributed by atoms with E-state index in [-0.39, 0.29) is 48.5 Å². The molecule has 0 amide bonds. The topological polar surface area (TPSA) is 66.0 Å². The number of hydrogen-bond acceptors (Lipinski definition) is 4. The van der Waals surface area contributed by atoms with E-state index in [0.29, 0.717) is 19.1 Å². The Kier molecular flexibility index (Phi) is 12.2. The van der Waals surface area contributed by atoms with Crippen LogP contribution in [0.1, 0.15) is 32.6 Å². The lowest BCUT2D eigenvalue weighted by Gasteiger charge is -2.29. The van der Waals surface area contributed by atoms with Gasteiger partial charge in [0.25, 0.3) is 0 Å². The second-order valence-corrected chi connectivity index (χ2v) is 6.30. The van der Waals surface area contributed by atoms with Crippen molar-refractivity contribution in [3.8, 4) is 0 Å². The number of nitrogens with one attached hydrogen (secondary N) is 2. The summed E-state index contributed by atoms with van der Waals surface area (Å²) in [4.78, 5) is 17.0. The predicted molar refractivity (Wildman–Crippen MR) is 106 cm³/mol. The Bertz CT molecular complexity index is 442. The minimum absolute atomic E-state index is 0. The van der Waals surface area contributed by atoms with Gasteiger partial charge in [0.1, 0.15) is 0 Å². The number of likely N-dealkylation sites (N-methyl/N-ethyl adjacent to an activating group) is 1. The van der Waals surface area contributed by atoms with Gasteiger partial charge in [-0.25, -0.2) is 0 Å². The van der Waals surface area contributed by atoms with E-state index in [4.69, 9.17) is 4.74 Å². The Morgan fingerprint density at radius 1 is 1.27 bits per heavy atom. The second-order valence-electron chi connectivity index (χ2n) is 6.30. The van der Waals surface area contributed by atoms with E-state index >= 15 is 0 Å². The normalized spacial score (nSPS) is 21.1. The van der Waals surface area contributed by atoms with Crippen LogP contribution in [0.3, 0.4) is 0 Å². The van der Waals surface area contributed by atoms with Crippen LogP contribution in [0.5, 0.6) is 0 Å². The Hall–Kier alpha value is -0.780. The molecule has 1 aliphatic rings. The van der Waals surface area contributed by atoms with Crippen LogP contribution in [0.25, 0.3) is 0 Å². The molecule has 10 heteroatoms. The highest BCUT2D eigenvalue weighted by molar-refractivity contribution is 14.0. The second kappa shape index (κ2) is 12.6. The van der Waals surface area contributed by atoms with Gasteiger partial charge in [0.15, 0.2) is 5.96 Å². The maximum atomic E-state index is 12.3. The minimum atomic E-state index is -4.19. The first-order chi connectivity index (χ1) is 11.7. The standard InChI is InChI=1S/C16H29F3N4O2.HI/c1-4-25-14(24)12-5-7-13(8-6-12)22-15(20-2)21-9-10-23(3)11-16(17,18)19;/h12-13H,4-11H2,1-3H3,(H2,20,21,22);1H. The van der Waals surface area contributed by atoms with E-state index in [0.717, 1.165) is 25.7 Å². The Labute approximate surface area is 170 Å². The summed E-state index contributed by atoms with van der Waals surface area (Å²) < 4.78 is 41.9. The molecule has 1 fully saturated rings. The van der Waals surface area contributed by atoms with Gasteiger partial charge in [-0.15, -0.1) is 24.0 Å². The zero-order chi connectivity index (χ0) is 18.9. The molecule has 2 N–H and O–H groups in total. The molecule has 0 spiro atoms. The van der Waals surface area contributed by atoms with E-state index in [1.807, 2.05) is 0 Å². The van der Waals surface area contributed by atoms with Gasteiger partial charge in [-0.2, -0.15) is 13.2 Å². The first-order valence-corrected chi connectivity index (χ1v) is 8.64. The third kappa shape index (κ3) is 10.4. The summed E-state index contributed by atoms with van der Waals surface area (Å²) in [5.74, 6) is 0.403. The summed E-state index contributed by atoms with van der Waals surface area (Å²) in [5.41, 5.74) is 0. The van der Waals surface area contributed by atoms with Crippen molar-refractivity contribution in [2.45, 2.75) is 44.8 Å². The number of aliphatic imine (C=N–C) groups is 1. The van der Waals surface area contributed by atoms with Crippen LogP contribution < -0.4 is 10.6 Å². The Morgan fingerprint density at radius 2 is 1.88 bits per heavy atom. The zero-order valence-electron chi connectivity index (χ0n) is 15.6. The van der Waals surface area contributed by atoms with Gasteiger partial charge in [0.05, 0.1) is 19.1 Å². The van der Waals surface area contributed by atoms with Crippen LogP contribution >= 0.6 is 24.0 Å². The van der Waals surface area contributed by atoms with Crippen molar-refractivity contribution in [1.82, 2.24) is 15.5 Å². The third-order valence-corrected chi connectivity index (χ3v) is 4.15. The molecule has 0 atom stereocenters. The number of ether oxygens (including phenoxy) is 1. The highest BCUT2D eigenvalue weighted by atomic mass is 127. The summed E-state index contributed by atoms with van der Waals surface area (Å²) in [6.07, 6.45) is -0.994. The molecule has 0 bridgehead atoms. The number of guanidine groups is 1. The van der Waals surface area contributed by atoms with Crippen LogP contribution in [0.15, 0.2) is 4.99 Å². The Morgan fingerprint density at radius 3 is 2.38 bits per heavy atom. The summed E-state index contributed by atoms with van der Waals surface area (Å²) in [5, 5.41) is 6.29. The van der Waals surface area contributed by atoms with Gasteiger partial charge in [-0.05, 0) is 39.7 Å². The van der Waals surface area contributed by atoms with Crippen molar-refractivity contribution in [2.24, 2.45) is 10.9 Å². The first-order valence-electron chi connectivity index (χ1n) is 8.64. The third-order valence-electron chi connectivity index (χ3n) is 4.15. The highest BCUT2D eigenvalue weighted by Gasteiger charge is 2.29. The fraction of sp³-hybridized carbons (Fsp3) is 0.875. The van der Waals surface area contributed by atoms with Crippen molar-refractivity contribution >= 4 is 35.9 Å². The molecular weight excluding hydrogens is 464 g/mol.